The van der Waals surface area contributed by atoms with Gasteiger partial charge in [0.15, 0.2) is 11.5 Å². The molecule has 23 heavy (non-hydrogen) atoms. The van der Waals surface area contributed by atoms with E-state index in [0.29, 0.717) is 26.1 Å². The van der Waals surface area contributed by atoms with Gasteiger partial charge in [0.1, 0.15) is 13.2 Å². The minimum atomic E-state index is 0.0135. The number of fused-ring (bicyclic) bond motifs is 1. The van der Waals surface area contributed by atoms with Gasteiger partial charge in [-0.05, 0) is 71.3 Å². The zero-order valence-corrected chi connectivity index (χ0v) is 15.1. The van der Waals surface area contributed by atoms with E-state index >= 15 is 0 Å². The molecule has 120 valence electrons. The third-order valence-electron chi connectivity index (χ3n) is 3.70. The predicted octanol–water partition coefficient (Wildman–Crippen LogP) is 3.94. The maximum atomic E-state index is 12.1. The molecule has 5 heteroatoms. The van der Waals surface area contributed by atoms with Crippen LogP contribution >= 0.6 is 22.6 Å². The van der Waals surface area contributed by atoms with E-state index in [1.54, 1.807) is 0 Å². The lowest BCUT2D eigenvalue weighted by molar-refractivity contribution is -0.116. The largest absolute Gasteiger partial charge is 0.486 e. The number of nitrogens with one attached hydrogen (secondary N) is 1. The summed E-state index contributed by atoms with van der Waals surface area (Å²) in [6.45, 7) is 3.21. The van der Waals surface area contributed by atoms with Crippen LogP contribution in [-0.2, 0) is 11.2 Å². The quantitative estimate of drug-likeness (QED) is 0.758. The SMILES string of the molecule is Cc1ccc(NC(=O)CCc2ccc3c(c2)OCCO3)cc1I. The number of benzene rings is 2. The Kier molecular flexibility index (Phi) is 5.05. The van der Waals surface area contributed by atoms with Crippen molar-refractivity contribution in [2.24, 2.45) is 0 Å². The van der Waals surface area contributed by atoms with Gasteiger partial charge in [0.05, 0.1) is 0 Å². The highest BCUT2D eigenvalue weighted by Crippen LogP contribution is 2.31. The van der Waals surface area contributed by atoms with Gasteiger partial charge in [0.25, 0.3) is 0 Å². The summed E-state index contributed by atoms with van der Waals surface area (Å²) in [5.74, 6) is 1.56. The third-order valence-corrected chi connectivity index (χ3v) is 4.87. The number of hydrogen-bond acceptors (Lipinski definition) is 3. The van der Waals surface area contributed by atoms with Crippen molar-refractivity contribution in [2.45, 2.75) is 19.8 Å². The summed E-state index contributed by atoms with van der Waals surface area (Å²) in [4.78, 5) is 12.1. The number of ether oxygens (including phenoxy) is 2. The summed E-state index contributed by atoms with van der Waals surface area (Å²) in [6.07, 6.45) is 1.11. The Morgan fingerprint density at radius 1 is 1.13 bits per heavy atom. The van der Waals surface area contributed by atoms with Crippen LogP contribution in [0.2, 0.25) is 0 Å². The fraction of sp³-hybridized carbons (Fsp3) is 0.278. The number of aryl methyl sites for hydroxylation is 2. The molecule has 2 aromatic rings. The molecular formula is C18H18INO3. The molecule has 1 N–H and O–H groups in total. The third kappa shape index (κ3) is 4.16. The molecule has 0 saturated carbocycles. The maximum absolute atomic E-state index is 12.1. The van der Waals surface area contributed by atoms with Crippen LogP contribution in [0.1, 0.15) is 17.5 Å². The van der Waals surface area contributed by atoms with Crippen molar-refractivity contribution < 1.29 is 14.3 Å². The molecule has 0 aliphatic carbocycles. The van der Waals surface area contributed by atoms with Crippen molar-refractivity contribution in [2.75, 3.05) is 18.5 Å². The van der Waals surface area contributed by atoms with E-state index in [1.807, 2.05) is 36.4 Å². The number of halogens is 1. The summed E-state index contributed by atoms with van der Waals surface area (Å²) in [5.41, 5.74) is 3.12. The molecule has 1 heterocycles. The van der Waals surface area contributed by atoms with E-state index in [9.17, 15) is 4.79 Å². The second-order valence-electron chi connectivity index (χ2n) is 5.49. The Morgan fingerprint density at radius 3 is 2.70 bits per heavy atom. The highest BCUT2D eigenvalue weighted by atomic mass is 127. The van der Waals surface area contributed by atoms with Gasteiger partial charge < -0.3 is 14.8 Å². The zero-order valence-electron chi connectivity index (χ0n) is 12.9. The molecule has 0 fully saturated rings. The Morgan fingerprint density at radius 2 is 1.91 bits per heavy atom. The van der Waals surface area contributed by atoms with Gasteiger partial charge >= 0.3 is 0 Å². The van der Waals surface area contributed by atoms with E-state index in [4.69, 9.17) is 9.47 Å². The second-order valence-corrected chi connectivity index (χ2v) is 6.65. The first kappa shape index (κ1) is 16.1. The summed E-state index contributed by atoms with van der Waals surface area (Å²) < 4.78 is 12.2. The molecule has 1 amide bonds. The Bertz CT molecular complexity index is 730. The molecule has 0 bridgehead atoms. The minimum absolute atomic E-state index is 0.0135. The number of rotatable bonds is 4. The highest BCUT2D eigenvalue weighted by molar-refractivity contribution is 14.1. The van der Waals surface area contributed by atoms with Crippen molar-refractivity contribution in [3.63, 3.8) is 0 Å². The Labute approximate surface area is 149 Å². The first-order chi connectivity index (χ1) is 11.1. The van der Waals surface area contributed by atoms with Crippen molar-refractivity contribution in [3.8, 4) is 11.5 Å². The van der Waals surface area contributed by atoms with Crippen molar-refractivity contribution in [1.82, 2.24) is 0 Å². The zero-order chi connectivity index (χ0) is 16.2. The molecule has 3 rings (SSSR count). The molecule has 0 aromatic heterocycles. The topological polar surface area (TPSA) is 47.6 Å². The summed E-state index contributed by atoms with van der Waals surface area (Å²) in [6, 6.07) is 11.8. The average Bonchev–Trinajstić information content (AvgIpc) is 2.56. The fourth-order valence-corrected chi connectivity index (χ4v) is 2.91. The monoisotopic (exact) mass is 423 g/mol. The number of amides is 1. The van der Waals surface area contributed by atoms with Crippen LogP contribution in [0.3, 0.4) is 0 Å². The van der Waals surface area contributed by atoms with Crippen molar-refractivity contribution >= 4 is 34.2 Å². The van der Waals surface area contributed by atoms with Gasteiger partial charge in [-0.15, -0.1) is 0 Å². The first-order valence-electron chi connectivity index (χ1n) is 7.56. The van der Waals surface area contributed by atoms with Crippen molar-refractivity contribution in [1.29, 1.82) is 0 Å². The van der Waals surface area contributed by atoms with E-state index in [0.717, 1.165) is 26.3 Å². The smallest absolute Gasteiger partial charge is 0.224 e. The highest BCUT2D eigenvalue weighted by Gasteiger charge is 2.12. The lowest BCUT2D eigenvalue weighted by Crippen LogP contribution is -2.15. The van der Waals surface area contributed by atoms with E-state index in [2.05, 4.69) is 34.8 Å². The fourth-order valence-electron chi connectivity index (χ4n) is 2.40. The normalized spacial score (nSPS) is 12.8. The molecular weight excluding hydrogens is 405 g/mol. The predicted molar refractivity (Wildman–Crippen MR) is 98.3 cm³/mol. The number of carbonyl (C=O) groups is 1. The van der Waals surface area contributed by atoms with Crippen LogP contribution in [0.25, 0.3) is 0 Å². The minimum Gasteiger partial charge on any atom is -0.486 e. The van der Waals surface area contributed by atoms with E-state index in [-0.39, 0.29) is 5.91 Å². The summed E-state index contributed by atoms with van der Waals surface area (Å²) >= 11 is 2.27. The van der Waals surface area contributed by atoms with Gasteiger partial charge in [-0.1, -0.05) is 12.1 Å². The lowest BCUT2D eigenvalue weighted by atomic mass is 10.1. The van der Waals surface area contributed by atoms with Gasteiger partial charge in [0.2, 0.25) is 5.91 Å². The van der Waals surface area contributed by atoms with Crippen LogP contribution in [0.15, 0.2) is 36.4 Å². The molecule has 2 aromatic carbocycles. The van der Waals surface area contributed by atoms with Crippen LogP contribution in [0, 0.1) is 10.5 Å². The molecule has 0 saturated heterocycles. The lowest BCUT2D eigenvalue weighted by Gasteiger charge is -2.18. The summed E-state index contributed by atoms with van der Waals surface area (Å²) in [7, 11) is 0. The molecule has 0 unspecified atom stereocenters. The number of anilines is 1. The van der Waals surface area contributed by atoms with Crippen LogP contribution in [-0.4, -0.2) is 19.1 Å². The van der Waals surface area contributed by atoms with Crippen LogP contribution in [0.5, 0.6) is 11.5 Å². The second kappa shape index (κ2) is 7.21. The van der Waals surface area contributed by atoms with Crippen LogP contribution < -0.4 is 14.8 Å². The molecule has 1 aliphatic heterocycles. The Hall–Kier alpha value is -1.76. The standard InChI is InChI=1S/C18H18INO3/c1-12-2-5-14(11-15(12)19)20-18(21)7-4-13-3-6-16-17(10-13)23-9-8-22-16/h2-3,5-6,10-11H,4,7-9H2,1H3,(H,20,21). The first-order valence-corrected chi connectivity index (χ1v) is 8.64. The van der Waals surface area contributed by atoms with Gasteiger partial charge in [-0.3, -0.25) is 4.79 Å². The van der Waals surface area contributed by atoms with Gasteiger partial charge in [-0.2, -0.15) is 0 Å². The molecule has 0 atom stereocenters. The molecule has 0 spiro atoms. The van der Waals surface area contributed by atoms with Gasteiger partial charge in [-0.25, -0.2) is 0 Å². The molecule has 0 radical (unpaired) electrons. The summed E-state index contributed by atoms with van der Waals surface area (Å²) in [5, 5.41) is 2.94. The number of hydrogen-bond donors (Lipinski definition) is 1. The Balaban J connectivity index is 1.57. The van der Waals surface area contributed by atoms with Crippen LogP contribution in [0.4, 0.5) is 5.69 Å². The maximum Gasteiger partial charge on any atom is 0.224 e. The molecule has 4 nitrogen and oxygen atoms in total. The average molecular weight is 423 g/mol. The number of carbonyl (C=O) groups excluding carboxylic acids is 1. The van der Waals surface area contributed by atoms with E-state index in [1.165, 1.54) is 5.56 Å². The van der Waals surface area contributed by atoms with E-state index < -0.39 is 0 Å². The van der Waals surface area contributed by atoms with Crippen molar-refractivity contribution in [3.05, 3.63) is 51.1 Å². The van der Waals surface area contributed by atoms with Gasteiger partial charge in [0, 0.05) is 15.7 Å². The molecule has 1 aliphatic rings.